The van der Waals surface area contributed by atoms with Crippen molar-refractivity contribution in [1.82, 2.24) is 15.6 Å². The zero-order chi connectivity index (χ0) is 14.5. The number of nitrogens with one attached hydrogen (secondary N) is 2. The Morgan fingerprint density at radius 3 is 3.19 bits per heavy atom. The van der Waals surface area contributed by atoms with Crippen molar-refractivity contribution in [3.05, 3.63) is 53.7 Å². The van der Waals surface area contributed by atoms with Gasteiger partial charge in [-0.2, -0.15) is 0 Å². The van der Waals surface area contributed by atoms with Crippen molar-refractivity contribution in [2.45, 2.75) is 31.7 Å². The Morgan fingerprint density at radius 2 is 2.33 bits per heavy atom. The lowest BCUT2D eigenvalue weighted by Gasteiger charge is -2.22. The van der Waals surface area contributed by atoms with Crippen LogP contribution in [0.4, 0.5) is 4.79 Å². The second-order valence-electron chi connectivity index (χ2n) is 5.22. The number of aromatic nitrogens is 1. The lowest BCUT2D eigenvalue weighted by molar-refractivity contribution is 0.235. The lowest BCUT2D eigenvalue weighted by atomic mass is 9.93. The summed E-state index contributed by atoms with van der Waals surface area (Å²) in [6.45, 7) is 0.577. The van der Waals surface area contributed by atoms with Gasteiger partial charge >= 0.3 is 6.03 Å². The van der Waals surface area contributed by atoms with E-state index in [-0.39, 0.29) is 12.1 Å². The summed E-state index contributed by atoms with van der Waals surface area (Å²) in [4.78, 5) is 16.2. The molecular formula is C16H19N3O2. The Hall–Kier alpha value is -2.30. The second kappa shape index (κ2) is 6.43. The molecule has 2 amide bonds. The SMILES string of the molecule is O=C(NCCc1ccccn1)NC1CCCc2occc21. The van der Waals surface area contributed by atoms with Gasteiger partial charge in [0.05, 0.1) is 12.3 Å². The van der Waals surface area contributed by atoms with Crippen LogP contribution in [0.15, 0.2) is 41.1 Å². The molecule has 0 fully saturated rings. The fourth-order valence-corrected chi connectivity index (χ4v) is 2.70. The standard InChI is InChI=1S/C16H19N3O2/c20-16(18-10-7-12-4-1-2-9-17-12)19-14-5-3-6-15-13(14)8-11-21-15/h1-2,4,8-9,11,14H,3,5-7,10H2,(H2,18,19,20). The largest absolute Gasteiger partial charge is 0.469 e. The van der Waals surface area contributed by atoms with Crippen LogP contribution in [0.5, 0.6) is 0 Å². The molecule has 0 radical (unpaired) electrons. The second-order valence-corrected chi connectivity index (χ2v) is 5.22. The fraction of sp³-hybridized carbons (Fsp3) is 0.375. The molecule has 0 saturated carbocycles. The van der Waals surface area contributed by atoms with Gasteiger partial charge in [0.15, 0.2) is 0 Å². The van der Waals surface area contributed by atoms with E-state index < -0.39 is 0 Å². The van der Waals surface area contributed by atoms with Crippen LogP contribution in [-0.2, 0) is 12.8 Å². The molecule has 0 aromatic carbocycles. The third-order valence-corrected chi connectivity index (χ3v) is 3.75. The maximum atomic E-state index is 12.0. The Bertz CT molecular complexity index is 595. The Balaban J connectivity index is 1.47. The number of nitrogens with zero attached hydrogens (tertiary/aromatic N) is 1. The molecule has 5 nitrogen and oxygen atoms in total. The van der Waals surface area contributed by atoms with Gasteiger partial charge < -0.3 is 15.1 Å². The summed E-state index contributed by atoms with van der Waals surface area (Å²) in [6.07, 6.45) is 7.15. The number of amides is 2. The first-order valence-corrected chi connectivity index (χ1v) is 7.33. The number of rotatable bonds is 4. The number of hydrogen-bond acceptors (Lipinski definition) is 3. The third kappa shape index (κ3) is 3.42. The quantitative estimate of drug-likeness (QED) is 0.907. The van der Waals surface area contributed by atoms with E-state index >= 15 is 0 Å². The summed E-state index contributed by atoms with van der Waals surface area (Å²) in [6, 6.07) is 7.67. The van der Waals surface area contributed by atoms with Gasteiger partial charge in [-0.3, -0.25) is 4.98 Å². The highest BCUT2D eigenvalue weighted by Gasteiger charge is 2.23. The Labute approximate surface area is 123 Å². The zero-order valence-corrected chi connectivity index (χ0v) is 11.8. The number of urea groups is 1. The first-order valence-electron chi connectivity index (χ1n) is 7.33. The van der Waals surface area contributed by atoms with Crippen molar-refractivity contribution in [2.75, 3.05) is 6.54 Å². The molecule has 2 heterocycles. The number of carbonyl (C=O) groups excluding carboxylic acids is 1. The van der Waals surface area contributed by atoms with E-state index in [0.717, 1.165) is 42.7 Å². The molecule has 2 N–H and O–H groups in total. The van der Waals surface area contributed by atoms with E-state index in [9.17, 15) is 4.79 Å². The molecular weight excluding hydrogens is 266 g/mol. The minimum atomic E-state index is -0.134. The van der Waals surface area contributed by atoms with Crippen molar-refractivity contribution >= 4 is 6.03 Å². The minimum Gasteiger partial charge on any atom is -0.469 e. The number of aryl methyl sites for hydroxylation is 1. The maximum absolute atomic E-state index is 12.0. The maximum Gasteiger partial charge on any atom is 0.315 e. The number of furan rings is 1. The van der Waals surface area contributed by atoms with E-state index in [2.05, 4.69) is 15.6 Å². The molecule has 1 aliphatic carbocycles. The van der Waals surface area contributed by atoms with Gasteiger partial charge in [0.25, 0.3) is 0 Å². The monoisotopic (exact) mass is 285 g/mol. The van der Waals surface area contributed by atoms with Crippen molar-refractivity contribution in [2.24, 2.45) is 0 Å². The fourth-order valence-electron chi connectivity index (χ4n) is 2.70. The molecule has 0 saturated heterocycles. The first-order chi connectivity index (χ1) is 10.3. The van der Waals surface area contributed by atoms with E-state index in [1.165, 1.54) is 0 Å². The predicted molar refractivity (Wildman–Crippen MR) is 78.9 cm³/mol. The molecule has 110 valence electrons. The van der Waals surface area contributed by atoms with Crippen LogP contribution >= 0.6 is 0 Å². The molecule has 1 aliphatic rings. The minimum absolute atomic E-state index is 0.0577. The highest BCUT2D eigenvalue weighted by Crippen LogP contribution is 2.30. The van der Waals surface area contributed by atoms with Gasteiger partial charge in [0.1, 0.15) is 5.76 Å². The summed E-state index contributed by atoms with van der Waals surface area (Å²) in [5, 5.41) is 5.90. The van der Waals surface area contributed by atoms with E-state index in [1.807, 2.05) is 24.3 Å². The van der Waals surface area contributed by atoms with Crippen LogP contribution in [0.1, 0.15) is 35.9 Å². The average Bonchev–Trinajstić information content (AvgIpc) is 2.98. The number of hydrogen-bond donors (Lipinski definition) is 2. The van der Waals surface area contributed by atoms with Gasteiger partial charge in [0, 0.05) is 36.8 Å². The van der Waals surface area contributed by atoms with Crippen LogP contribution in [0.25, 0.3) is 0 Å². The van der Waals surface area contributed by atoms with Crippen LogP contribution in [0, 0.1) is 0 Å². The van der Waals surface area contributed by atoms with Crippen molar-refractivity contribution < 1.29 is 9.21 Å². The van der Waals surface area contributed by atoms with Gasteiger partial charge in [-0.15, -0.1) is 0 Å². The first kappa shape index (κ1) is 13.7. The number of carbonyl (C=O) groups is 1. The summed E-state index contributed by atoms with van der Waals surface area (Å²) in [5.74, 6) is 1.00. The van der Waals surface area contributed by atoms with Crippen LogP contribution in [0.3, 0.4) is 0 Å². The molecule has 2 aromatic rings. The van der Waals surface area contributed by atoms with E-state index in [0.29, 0.717) is 6.54 Å². The van der Waals surface area contributed by atoms with Gasteiger partial charge in [-0.25, -0.2) is 4.79 Å². The number of fused-ring (bicyclic) bond motifs is 1. The van der Waals surface area contributed by atoms with Gasteiger partial charge in [-0.1, -0.05) is 6.07 Å². The van der Waals surface area contributed by atoms with Gasteiger partial charge in [0.2, 0.25) is 0 Å². The van der Waals surface area contributed by atoms with Crippen molar-refractivity contribution in [1.29, 1.82) is 0 Å². The summed E-state index contributed by atoms with van der Waals surface area (Å²) in [7, 11) is 0. The summed E-state index contributed by atoms with van der Waals surface area (Å²) < 4.78 is 5.43. The molecule has 5 heteroatoms. The van der Waals surface area contributed by atoms with Crippen molar-refractivity contribution in [3.63, 3.8) is 0 Å². The highest BCUT2D eigenvalue weighted by molar-refractivity contribution is 5.74. The van der Waals surface area contributed by atoms with Gasteiger partial charge in [-0.05, 0) is 31.0 Å². The lowest BCUT2D eigenvalue weighted by Crippen LogP contribution is -2.39. The summed E-state index contributed by atoms with van der Waals surface area (Å²) in [5.41, 5.74) is 2.09. The molecule has 0 bridgehead atoms. The van der Waals surface area contributed by atoms with Crippen molar-refractivity contribution in [3.8, 4) is 0 Å². The molecule has 1 atom stereocenters. The third-order valence-electron chi connectivity index (χ3n) is 3.75. The molecule has 1 unspecified atom stereocenters. The number of pyridine rings is 1. The normalized spacial score (nSPS) is 17.0. The molecule has 0 aliphatic heterocycles. The van der Waals surface area contributed by atoms with Crippen LogP contribution in [-0.4, -0.2) is 17.6 Å². The molecule has 2 aromatic heterocycles. The zero-order valence-electron chi connectivity index (χ0n) is 11.8. The van der Waals surface area contributed by atoms with E-state index in [4.69, 9.17) is 4.42 Å². The highest BCUT2D eigenvalue weighted by atomic mass is 16.3. The van der Waals surface area contributed by atoms with E-state index in [1.54, 1.807) is 12.5 Å². The summed E-state index contributed by atoms with van der Waals surface area (Å²) >= 11 is 0. The molecule has 21 heavy (non-hydrogen) atoms. The molecule has 3 rings (SSSR count). The molecule has 0 spiro atoms. The Morgan fingerprint density at radius 1 is 1.38 bits per heavy atom. The van der Waals surface area contributed by atoms with Crippen LogP contribution in [0.2, 0.25) is 0 Å². The Kier molecular flexibility index (Phi) is 4.19. The van der Waals surface area contributed by atoms with Crippen LogP contribution < -0.4 is 10.6 Å². The smallest absolute Gasteiger partial charge is 0.315 e. The topological polar surface area (TPSA) is 67.2 Å². The predicted octanol–water partition coefficient (Wildman–Crippen LogP) is 2.59. The average molecular weight is 285 g/mol.